The van der Waals surface area contributed by atoms with Crippen LogP contribution < -0.4 is 0 Å². The first-order valence-electron chi connectivity index (χ1n) is 5.82. The first-order valence-corrected chi connectivity index (χ1v) is 6.90. The maximum Gasteiger partial charge on any atom is 0.255 e. The summed E-state index contributed by atoms with van der Waals surface area (Å²) in [4.78, 5) is 16.6. The third-order valence-corrected chi connectivity index (χ3v) is 4.64. The van der Waals surface area contributed by atoms with E-state index in [0.29, 0.717) is 0 Å². The Morgan fingerprint density at radius 1 is 1.24 bits per heavy atom. The van der Waals surface area contributed by atoms with Gasteiger partial charge in [-0.25, -0.2) is 0 Å². The lowest BCUT2D eigenvalue weighted by Crippen LogP contribution is -2.47. The van der Waals surface area contributed by atoms with Crippen LogP contribution in [0.2, 0.25) is 0 Å². The highest BCUT2D eigenvalue weighted by Gasteiger charge is 2.22. The van der Waals surface area contributed by atoms with E-state index in [1.165, 1.54) is 5.56 Å². The molecular weight excluding hydrogens is 327 g/mol. The van der Waals surface area contributed by atoms with Crippen LogP contribution in [0.15, 0.2) is 18.2 Å². The molecule has 1 fully saturated rings. The molecule has 1 saturated heterocycles. The second kappa shape index (κ2) is 5.35. The highest BCUT2D eigenvalue weighted by atomic mass is 127. The summed E-state index contributed by atoms with van der Waals surface area (Å²) < 4.78 is 1.08. The van der Waals surface area contributed by atoms with Crippen molar-refractivity contribution in [2.75, 3.05) is 33.2 Å². The number of benzene rings is 1. The molecule has 3 nitrogen and oxygen atoms in total. The van der Waals surface area contributed by atoms with Gasteiger partial charge in [0.15, 0.2) is 0 Å². The van der Waals surface area contributed by atoms with E-state index < -0.39 is 0 Å². The number of amides is 1. The molecule has 0 aromatic heterocycles. The highest BCUT2D eigenvalue weighted by molar-refractivity contribution is 14.1. The van der Waals surface area contributed by atoms with Gasteiger partial charge < -0.3 is 9.80 Å². The first kappa shape index (κ1) is 12.8. The fourth-order valence-electron chi connectivity index (χ4n) is 1.99. The molecule has 0 unspecified atom stereocenters. The zero-order valence-electron chi connectivity index (χ0n) is 10.2. The summed E-state index contributed by atoms with van der Waals surface area (Å²) in [5.41, 5.74) is 2.01. The van der Waals surface area contributed by atoms with E-state index in [1.807, 2.05) is 30.0 Å². The lowest BCUT2D eigenvalue weighted by molar-refractivity contribution is 0.0663. The van der Waals surface area contributed by atoms with Crippen molar-refractivity contribution in [2.24, 2.45) is 0 Å². The van der Waals surface area contributed by atoms with Gasteiger partial charge in [-0.3, -0.25) is 4.79 Å². The van der Waals surface area contributed by atoms with Crippen LogP contribution in [0.4, 0.5) is 0 Å². The smallest absolute Gasteiger partial charge is 0.255 e. The predicted octanol–water partition coefficient (Wildman–Crippen LogP) is 1.99. The molecule has 0 N–H and O–H groups in total. The normalized spacial score (nSPS) is 17.2. The Bertz CT molecular complexity index is 425. The van der Waals surface area contributed by atoms with Crippen LogP contribution in [-0.2, 0) is 0 Å². The number of hydrogen-bond acceptors (Lipinski definition) is 2. The summed E-state index contributed by atoms with van der Waals surface area (Å²) in [5, 5.41) is 0. The number of piperazine rings is 1. The Labute approximate surface area is 116 Å². The number of likely N-dealkylation sites (N-methyl/N-ethyl adjacent to an activating group) is 1. The molecule has 1 aliphatic rings. The number of halogens is 1. The Hall–Kier alpha value is -0.620. The molecular formula is C13H17IN2O. The third-order valence-electron chi connectivity index (χ3n) is 3.21. The largest absolute Gasteiger partial charge is 0.336 e. The summed E-state index contributed by atoms with van der Waals surface area (Å²) in [6, 6.07) is 5.93. The molecule has 1 aromatic rings. The number of rotatable bonds is 1. The quantitative estimate of drug-likeness (QED) is 0.728. The third kappa shape index (κ3) is 2.80. The Morgan fingerprint density at radius 3 is 2.53 bits per heavy atom. The number of aryl methyl sites for hydroxylation is 1. The van der Waals surface area contributed by atoms with Crippen molar-refractivity contribution in [1.29, 1.82) is 0 Å². The van der Waals surface area contributed by atoms with Crippen molar-refractivity contribution in [3.05, 3.63) is 32.9 Å². The summed E-state index contributed by atoms with van der Waals surface area (Å²) in [6.45, 7) is 5.64. The topological polar surface area (TPSA) is 23.6 Å². The summed E-state index contributed by atoms with van der Waals surface area (Å²) in [5.74, 6) is 0.172. The number of carbonyl (C=O) groups is 1. The van der Waals surface area contributed by atoms with Gasteiger partial charge in [0.05, 0.1) is 5.56 Å². The van der Waals surface area contributed by atoms with Gasteiger partial charge in [0, 0.05) is 29.7 Å². The maximum absolute atomic E-state index is 12.4. The second-order valence-corrected chi connectivity index (χ2v) is 5.61. The van der Waals surface area contributed by atoms with Gasteiger partial charge in [-0.2, -0.15) is 0 Å². The molecule has 4 heteroatoms. The van der Waals surface area contributed by atoms with E-state index in [4.69, 9.17) is 0 Å². The Morgan fingerprint density at radius 2 is 1.88 bits per heavy atom. The monoisotopic (exact) mass is 344 g/mol. The molecule has 0 aliphatic carbocycles. The molecule has 17 heavy (non-hydrogen) atoms. The molecule has 0 radical (unpaired) electrons. The van der Waals surface area contributed by atoms with Crippen LogP contribution in [-0.4, -0.2) is 48.9 Å². The number of nitrogens with zero attached hydrogens (tertiary/aromatic N) is 2. The molecule has 1 aliphatic heterocycles. The summed E-state index contributed by atoms with van der Waals surface area (Å²) in [6.07, 6.45) is 0. The fourth-order valence-corrected chi connectivity index (χ4v) is 2.58. The lowest BCUT2D eigenvalue weighted by atomic mass is 10.1. The maximum atomic E-state index is 12.4. The minimum atomic E-state index is 0.172. The average molecular weight is 344 g/mol. The summed E-state index contributed by atoms with van der Waals surface area (Å²) >= 11 is 2.26. The zero-order valence-corrected chi connectivity index (χ0v) is 12.4. The van der Waals surface area contributed by atoms with Gasteiger partial charge in [-0.1, -0.05) is 12.1 Å². The standard InChI is InChI=1S/C13H17IN2O/c1-10-4-3-5-11(12(10)14)13(17)16-8-6-15(2)7-9-16/h3-5H,6-9H2,1-2H3. The Kier molecular flexibility index (Phi) is 4.04. The van der Waals surface area contributed by atoms with Gasteiger partial charge in [0.1, 0.15) is 0 Å². The number of carbonyl (C=O) groups excluding carboxylic acids is 1. The van der Waals surface area contributed by atoms with Crippen LogP contribution in [0.25, 0.3) is 0 Å². The molecule has 2 rings (SSSR count). The van der Waals surface area contributed by atoms with E-state index in [9.17, 15) is 4.79 Å². The van der Waals surface area contributed by atoms with E-state index in [1.54, 1.807) is 0 Å². The van der Waals surface area contributed by atoms with Gasteiger partial charge in [-0.15, -0.1) is 0 Å². The SMILES string of the molecule is Cc1cccc(C(=O)N2CCN(C)CC2)c1I. The summed E-state index contributed by atoms with van der Waals surface area (Å²) in [7, 11) is 2.10. The van der Waals surface area contributed by atoms with Crippen LogP contribution in [0.1, 0.15) is 15.9 Å². The van der Waals surface area contributed by atoms with Gasteiger partial charge >= 0.3 is 0 Å². The van der Waals surface area contributed by atoms with E-state index in [-0.39, 0.29) is 5.91 Å². The van der Waals surface area contributed by atoms with Gasteiger partial charge in [-0.05, 0) is 48.2 Å². The molecule has 1 heterocycles. The number of hydrogen-bond donors (Lipinski definition) is 0. The van der Waals surface area contributed by atoms with Crippen LogP contribution >= 0.6 is 22.6 Å². The molecule has 92 valence electrons. The van der Waals surface area contributed by atoms with E-state index in [2.05, 4.69) is 34.5 Å². The van der Waals surface area contributed by atoms with Crippen molar-refractivity contribution in [1.82, 2.24) is 9.80 Å². The van der Waals surface area contributed by atoms with Crippen LogP contribution in [0.5, 0.6) is 0 Å². The molecule has 1 aromatic carbocycles. The van der Waals surface area contributed by atoms with Crippen molar-refractivity contribution < 1.29 is 4.79 Å². The average Bonchev–Trinajstić information content (AvgIpc) is 2.33. The highest BCUT2D eigenvalue weighted by Crippen LogP contribution is 2.19. The van der Waals surface area contributed by atoms with Gasteiger partial charge in [0.2, 0.25) is 0 Å². The van der Waals surface area contributed by atoms with Crippen molar-refractivity contribution >= 4 is 28.5 Å². The van der Waals surface area contributed by atoms with Crippen molar-refractivity contribution in [3.8, 4) is 0 Å². The Balaban J connectivity index is 2.17. The van der Waals surface area contributed by atoms with Gasteiger partial charge in [0.25, 0.3) is 5.91 Å². The van der Waals surface area contributed by atoms with Crippen molar-refractivity contribution in [3.63, 3.8) is 0 Å². The zero-order chi connectivity index (χ0) is 12.4. The molecule has 0 atom stereocenters. The molecule has 0 spiro atoms. The van der Waals surface area contributed by atoms with Crippen LogP contribution in [0.3, 0.4) is 0 Å². The second-order valence-electron chi connectivity index (χ2n) is 4.53. The lowest BCUT2D eigenvalue weighted by Gasteiger charge is -2.32. The molecule has 1 amide bonds. The van der Waals surface area contributed by atoms with Crippen LogP contribution in [0, 0.1) is 10.5 Å². The van der Waals surface area contributed by atoms with E-state index in [0.717, 1.165) is 35.3 Å². The van der Waals surface area contributed by atoms with Crippen molar-refractivity contribution in [2.45, 2.75) is 6.92 Å². The minimum Gasteiger partial charge on any atom is -0.336 e. The molecule has 0 bridgehead atoms. The minimum absolute atomic E-state index is 0.172. The fraction of sp³-hybridized carbons (Fsp3) is 0.462. The predicted molar refractivity (Wildman–Crippen MR) is 77.3 cm³/mol. The molecule has 0 saturated carbocycles. The first-order chi connectivity index (χ1) is 8.09. The van der Waals surface area contributed by atoms with E-state index >= 15 is 0 Å².